The molecule has 0 spiro atoms. The SMILES string of the molecule is CCN1CCC(Cc2ncc(CC(C)O)s2)CC1. The number of hydrogen-bond acceptors (Lipinski definition) is 4. The van der Waals surface area contributed by atoms with Gasteiger partial charge in [-0.2, -0.15) is 0 Å². The number of piperidine rings is 1. The van der Waals surface area contributed by atoms with Crippen LogP contribution < -0.4 is 0 Å². The van der Waals surface area contributed by atoms with Gasteiger partial charge in [-0.3, -0.25) is 0 Å². The Kier molecular flexibility index (Phi) is 5.15. The smallest absolute Gasteiger partial charge is 0.0930 e. The van der Waals surface area contributed by atoms with Crippen molar-refractivity contribution in [3.05, 3.63) is 16.1 Å². The van der Waals surface area contributed by atoms with Gasteiger partial charge in [-0.25, -0.2) is 4.98 Å². The molecule has 1 atom stereocenters. The molecule has 3 nitrogen and oxygen atoms in total. The van der Waals surface area contributed by atoms with Gasteiger partial charge < -0.3 is 10.0 Å². The fourth-order valence-electron chi connectivity index (χ4n) is 2.58. The van der Waals surface area contributed by atoms with E-state index in [0.717, 1.165) is 18.8 Å². The van der Waals surface area contributed by atoms with Crippen molar-refractivity contribution in [3.63, 3.8) is 0 Å². The lowest BCUT2D eigenvalue weighted by atomic mass is 9.94. The number of rotatable bonds is 5. The predicted molar refractivity (Wildman–Crippen MR) is 76.0 cm³/mol. The second kappa shape index (κ2) is 6.64. The Labute approximate surface area is 114 Å². The van der Waals surface area contributed by atoms with Crippen molar-refractivity contribution >= 4 is 11.3 Å². The quantitative estimate of drug-likeness (QED) is 0.890. The van der Waals surface area contributed by atoms with Crippen LogP contribution in [-0.2, 0) is 12.8 Å². The van der Waals surface area contributed by atoms with E-state index >= 15 is 0 Å². The summed E-state index contributed by atoms with van der Waals surface area (Å²) >= 11 is 1.78. The van der Waals surface area contributed by atoms with Crippen molar-refractivity contribution < 1.29 is 5.11 Å². The lowest BCUT2D eigenvalue weighted by molar-refractivity contribution is 0.192. The Balaban J connectivity index is 1.81. The van der Waals surface area contributed by atoms with E-state index in [0.29, 0.717) is 0 Å². The first-order valence-electron chi connectivity index (χ1n) is 7.01. The van der Waals surface area contributed by atoms with Crippen LogP contribution >= 0.6 is 11.3 Å². The molecule has 0 amide bonds. The van der Waals surface area contributed by atoms with Crippen LogP contribution in [-0.4, -0.2) is 40.7 Å². The molecule has 1 aromatic rings. The van der Waals surface area contributed by atoms with Crippen LogP contribution in [0.4, 0.5) is 0 Å². The Hall–Kier alpha value is -0.450. The van der Waals surface area contributed by atoms with E-state index in [1.807, 2.05) is 13.1 Å². The Bertz CT molecular complexity index is 356. The van der Waals surface area contributed by atoms with E-state index < -0.39 is 0 Å². The van der Waals surface area contributed by atoms with Gasteiger partial charge in [0.2, 0.25) is 0 Å². The van der Waals surface area contributed by atoms with Gasteiger partial charge in [0.25, 0.3) is 0 Å². The highest BCUT2D eigenvalue weighted by atomic mass is 32.1. The van der Waals surface area contributed by atoms with E-state index in [1.165, 1.54) is 42.4 Å². The summed E-state index contributed by atoms with van der Waals surface area (Å²) in [5.74, 6) is 0.804. The molecule has 0 bridgehead atoms. The molecule has 0 aliphatic carbocycles. The average Bonchev–Trinajstić information content (AvgIpc) is 2.76. The number of aliphatic hydroxyl groups is 1. The van der Waals surface area contributed by atoms with Crippen molar-refractivity contribution in [2.75, 3.05) is 19.6 Å². The van der Waals surface area contributed by atoms with E-state index in [9.17, 15) is 5.11 Å². The Morgan fingerprint density at radius 1 is 1.50 bits per heavy atom. The fourth-order valence-corrected chi connectivity index (χ4v) is 3.74. The predicted octanol–water partition coefficient (Wildman–Crippen LogP) is 2.34. The summed E-state index contributed by atoms with van der Waals surface area (Å²) in [6.45, 7) is 7.74. The van der Waals surface area contributed by atoms with Crippen LogP contribution in [0.5, 0.6) is 0 Å². The summed E-state index contributed by atoms with van der Waals surface area (Å²) in [6, 6.07) is 0. The molecule has 1 N–H and O–H groups in total. The van der Waals surface area contributed by atoms with Crippen LogP contribution in [0, 0.1) is 5.92 Å². The molecule has 18 heavy (non-hydrogen) atoms. The number of nitrogens with zero attached hydrogens (tertiary/aromatic N) is 2. The van der Waals surface area contributed by atoms with E-state index in [2.05, 4.69) is 16.8 Å². The van der Waals surface area contributed by atoms with E-state index in [1.54, 1.807) is 11.3 Å². The van der Waals surface area contributed by atoms with Gasteiger partial charge in [0.15, 0.2) is 0 Å². The third-order valence-corrected chi connectivity index (χ3v) is 4.76. The molecule has 4 heteroatoms. The molecule has 102 valence electrons. The zero-order chi connectivity index (χ0) is 13.0. The second-order valence-electron chi connectivity index (χ2n) is 5.36. The van der Waals surface area contributed by atoms with Crippen molar-refractivity contribution in [1.82, 2.24) is 9.88 Å². The van der Waals surface area contributed by atoms with Gasteiger partial charge in [-0.15, -0.1) is 11.3 Å². The Morgan fingerprint density at radius 3 is 2.83 bits per heavy atom. The lowest BCUT2D eigenvalue weighted by Crippen LogP contribution is -2.33. The minimum atomic E-state index is -0.258. The van der Waals surface area contributed by atoms with Crippen LogP contribution in [0.3, 0.4) is 0 Å². The minimum Gasteiger partial charge on any atom is -0.393 e. The molecule has 1 aromatic heterocycles. The zero-order valence-electron chi connectivity index (χ0n) is 11.4. The van der Waals surface area contributed by atoms with Crippen molar-refractivity contribution in [1.29, 1.82) is 0 Å². The summed E-state index contributed by atoms with van der Waals surface area (Å²) < 4.78 is 0. The molecule has 1 unspecified atom stereocenters. The monoisotopic (exact) mass is 268 g/mol. The Morgan fingerprint density at radius 2 is 2.22 bits per heavy atom. The number of thiazole rings is 1. The van der Waals surface area contributed by atoms with Crippen LogP contribution in [0.25, 0.3) is 0 Å². The average molecular weight is 268 g/mol. The van der Waals surface area contributed by atoms with E-state index in [4.69, 9.17) is 0 Å². The van der Waals surface area contributed by atoms with Gasteiger partial charge >= 0.3 is 0 Å². The molecular formula is C14H24N2OS. The normalized spacial score (nSPS) is 20.2. The molecule has 1 fully saturated rings. The molecule has 0 radical (unpaired) electrons. The van der Waals surface area contributed by atoms with Crippen molar-refractivity contribution in [2.45, 2.75) is 45.6 Å². The summed E-state index contributed by atoms with van der Waals surface area (Å²) in [6.07, 6.45) is 6.16. The first kappa shape index (κ1) is 14.0. The van der Waals surface area contributed by atoms with Crippen LogP contribution in [0.15, 0.2) is 6.20 Å². The molecule has 0 saturated carbocycles. The van der Waals surface area contributed by atoms with Gasteiger partial charge in [0.05, 0.1) is 11.1 Å². The third-order valence-electron chi connectivity index (χ3n) is 3.72. The van der Waals surface area contributed by atoms with Crippen molar-refractivity contribution in [2.24, 2.45) is 5.92 Å². The largest absolute Gasteiger partial charge is 0.393 e. The molecule has 1 aliphatic heterocycles. The maximum absolute atomic E-state index is 9.37. The number of likely N-dealkylation sites (tertiary alicyclic amines) is 1. The molecular weight excluding hydrogens is 244 g/mol. The summed E-state index contributed by atoms with van der Waals surface area (Å²) in [5.41, 5.74) is 0. The first-order chi connectivity index (χ1) is 8.67. The minimum absolute atomic E-state index is 0.258. The molecule has 2 rings (SSSR count). The standard InChI is InChI=1S/C14H24N2OS/c1-3-16-6-4-12(5-7-16)9-14-15-10-13(18-14)8-11(2)17/h10-12,17H,3-9H2,1-2H3. The summed E-state index contributed by atoms with van der Waals surface area (Å²) in [4.78, 5) is 8.24. The second-order valence-corrected chi connectivity index (χ2v) is 6.55. The fraction of sp³-hybridized carbons (Fsp3) is 0.786. The highest BCUT2D eigenvalue weighted by molar-refractivity contribution is 7.11. The highest BCUT2D eigenvalue weighted by Gasteiger charge is 2.19. The zero-order valence-corrected chi connectivity index (χ0v) is 12.2. The van der Waals surface area contributed by atoms with E-state index in [-0.39, 0.29) is 6.10 Å². The number of hydrogen-bond donors (Lipinski definition) is 1. The third kappa shape index (κ3) is 4.04. The maximum atomic E-state index is 9.37. The lowest BCUT2D eigenvalue weighted by Gasteiger charge is -2.30. The van der Waals surface area contributed by atoms with Gasteiger partial charge in [0.1, 0.15) is 0 Å². The maximum Gasteiger partial charge on any atom is 0.0930 e. The summed E-state index contributed by atoms with van der Waals surface area (Å²) in [7, 11) is 0. The van der Waals surface area contributed by atoms with Gasteiger partial charge in [-0.05, 0) is 45.3 Å². The topological polar surface area (TPSA) is 36.4 Å². The van der Waals surface area contributed by atoms with Crippen molar-refractivity contribution in [3.8, 4) is 0 Å². The first-order valence-corrected chi connectivity index (χ1v) is 7.83. The molecule has 1 aliphatic rings. The molecule has 2 heterocycles. The van der Waals surface area contributed by atoms with Gasteiger partial charge in [0, 0.05) is 23.9 Å². The number of aliphatic hydroxyl groups excluding tert-OH is 1. The van der Waals surface area contributed by atoms with Gasteiger partial charge in [-0.1, -0.05) is 6.92 Å². The molecule has 0 aromatic carbocycles. The number of aromatic nitrogens is 1. The highest BCUT2D eigenvalue weighted by Crippen LogP contribution is 2.24. The molecule has 1 saturated heterocycles. The summed E-state index contributed by atoms with van der Waals surface area (Å²) in [5, 5.41) is 10.6. The van der Waals surface area contributed by atoms with Crippen LogP contribution in [0.1, 0.15) is 36.6 Å². The van der Waals surface area contributed by atoms with Crippen LogP contribution in [0.2, 0.25) is 0 Å².